The molecule has 0 saturated carbocycles. The Morgan fingerprint density at radius 1 is 1.29 bits per heavy atom. The Morgan fingerprint density at radius 3 is 2.71 bits per heavy atom. The minimum atomic E-state index is -1.40. The number of aliphatic hydroxyl groups excluding tert-OH is 2. The van der Waals surface area contributed by atoms with Gasteiger partial charge in [0.15, 0.2) is 0 Å². The number of hydrogen-bond donors (Lipinski definition) is 2. The van der Waals surface area contributed by atoms with Crippen molar-refractivity contribution in [2.75, 3.05) is 13.7 Å². The maximum Gasteiger partial charge on any atom is 0.312 e. The first-order valence-corrected chi connectivity index (χ1v) is 6.91. The van der Waals surface area contributed by atoms with Crippen LogP contribution in [-0.4, -0.2) is 41.3 Å². The predicted octanol–water partition coefficient (Wildman–Crippen LogP) is 0.442. The summed E-state index contributed by atoms with van der Waals surface area (Å²) in [5.74, 6) is -2.40. The molecule has 0 radical (unpaired) electrons. The number of esters is 1. The normalized spacial score (nSPS) is 44.0. The molecule has 0 aromatic heterocycles. The van der Waals surface area contributed by atoms with E-state index in [4.69, 9.17) is 14.2 Å². The predicted molar refractivity (Wildman–Crippen MR) is 69.0 cm³/mol. The van der Waals surface area contributed by atoms with Crippen LogP contribution in [0, 0.1) is 5.92 Å². The third-order valence-corrected chi connectivity index (χ3v) is 5.03. The monoisotopic (exact) mass is 292 g/mol. The molecule has 6 heteroatoms. The highest BCUT2D eigenvalue weighted by atomic mass is 16.7. The van der Waals surface area contributed by atoms with E-state index in [9.17, 15) is 15.0 Å². The van der Waals surface area contributed by atoms with Gasteiger partial charge in [-0.1, -0.05) is 24.3 Å². The Kier molecular flexibility index (Phi) is 2.54. The minimum Gasteiger partial charge on any atom is -0.449 e. The van der Waals surface area contributed by atoms with Crippen LogP contribution in [0.15, 0.2) is 24.3 Å². The fourth-order valence-electron chi connectivity index (χ4n) is 4.06. The van der Waals surface area contributed by atoms with Gasteiger partial charge in [0.1, 0.15) is 12.5 Å². The average molecular weight is 292 g/mol. The van der Waals surface area contributed by atoms with E-state index < -0.39 is 35.5 Å². The molecule has 2 saturated heterocycles. The van der Waals surface area contributed by atoms with Gasteiger partial charge in [-0.05, 0) is 11.1 Å². The van der Waals surface area contributed by atoms with E-state index in [2.05, 4.69) is 0 Å². The van der Waals surface area contributed by atoms with Gasteiger partial charge in [0.2, 0.25) is 11.4 Å². The molecule has 2 N–H and O–H groups in total. The van der Waals surface area contributed by atoms with Gasteiger partial charge in [0.25, 0.3) is 0 Å². The summed E-state index contributed by atoms with van der Waals surface area (Å²) in [6.07, 6.45) is -2.07. The Balaban J connectivity index is 1.95. The third-order valence-electron chi connectivity index (χ3n) is 5.03. The molecule has 3 aliphatic rings. The van der Waals surface area contributed by atoms with Gasteiger partial charge in [-0.15, -0.1) is 0 Å². The molecule has 1 aromatic rings. The van der Waals surface area contributed by atoms with Gasteiger partial charge in [0.05, 0.1) is 18.6 Å². The van der Waals surface area contributed by atoms with Crippen LogP contribution in [0.2, 0.25) is 0 Å². The maximum atomic E-state index is 11.9. The van der Waals surface area contributed by atoms with E-state index >= 15 is 0 Å². The minimum absolute atomic E-state index is 0.0913. The maximum absolute atomic E-state index is 11.9. The highest BCUT2D eigenvalue weighted by molar-refractivity contribution is 5.75. The fraction of sp³-hybridized carbons (Fsp3) is 0.533. The van der Waals surface area contributed by atoms with E-state index in [-0.39, 0.29) is 13.0 Å². The summed E-state index contributed by atoms with van der Waals surface area (Å²) in [4.78, 5) is 11.9. The molecule has 2 aliphatic heterocycles. The summed E-state index contributed by atoms with van der Waals surface area (Å²) in [6, 6.07) is 7.05. The Hall–Kier alpha value is -1.47. The van der Waals surface area contributed by atoms with Crippen molar-refractivity contribution in [1.82, 2.24) is 0 Å². The zero-order valence-electron chi connectivity index (χ0n) is 11.5. The molecule has 0 unspecified atom stereocenters. The number of methoxy groups -OCH3 is 1. The molecular weight excluding hydrogens is 276 g/mol. The second-order valence-corrected chi connectivity index (χ2v) is 5.79. The molecule has 5 atom stereocenters. The highest BCUT2D eigenvalue weighted by Crippen LogP contribution is 2.62. The van der Waals surface area contributed by atoms with Crippen molar-refractivity contribution in [2.45, 2.75) is 30.0 Å². The number of carbonyl (C=O) groups excluding carboxylic acids is 1. The Morgan fingerprint density at radius 2 is 2.00 bits per heavy atom. The summed E-state index contributed by atoms with van der Waals surface area (Å²) in [5, 5.41) is 21.5. The van der Waals surface area contributed by atoms with Crippen molar-refractivity contribution in [3.05, 3.63) is 35.4 Å². The van der Waals surface area contributed by atoms with Crippen LogP contribution in [0.25, 0.3) is 0 Å². The van der Waals surface area contributed by atoms with Crippen molar-refractivity contribution < 1.29 is 29.2 Å². The molecule has 0 bridgehead atoms. The molecule has 21 heavy (non-hydrogen) atoms. The highest BCUT2D eigenvalue weighted by Gasteiger charge is 2.76. The molecule has 2 heterocycles. The van der Waals surface area contributed by atoms with Crippen molar-refractivity contribution in [3.8, 4) is 0 Å². The Bertz CT molecular complexity index is 616. The van der Waals surface area contributed by atoms with Gasteiger partial charge in [-0.25, -0.2) is 0 Å². The number of carbonyl (C=O) groups is 1. The smallest absolute Gasteiger partial charge is 0.312 e. The van der Waals surface area contributed by atoms with Crippen LogP contribution < -0.4 is 0 Å². The van der Waals surface area contributed by atoms with Crippen LogP contribution in [-0.2, 0) is 19.0 Å². The van der Waals surface area contributed by atoms with Gasteiger partial charge >= 0.3 is 5.97 Å². The van der Waals surface area contributed by atoms with Crippen LogP contribution in [0.1, 0.15) is 29.8 Å². The largest absolute Gasteiger partial charge is 0.449 e. The SMILES string of the molecule is CO[C@]12CC(=O)O[C@]13[C@H](O)c1ccccc1[C@H](O)[C@@H]3CO2. The zero-order chi connectivity index (χ0) is 14.8. The standard InChI is InChI=1S/C15H16O6/c1-19-14-6-11(16)21-15(14)10(7-20-14)12(17)8-4-2-3-5-9(8)13(15)18/h2-5,10,12-13,17-18H,6-7H2,1H3/t10-,12-,13+,14-,15+/m0/s1. The first kappa shape index (κ1) is 13.2. The van der Waals surface area contributed by atoms with Gasteiger partial charge in [0, 0.05) is 7.11 Å². The van der Waals surface area contributed by atoms with Crippen molar-refractivity contribution in [1.29, 1.82) is 0 Å². The second kappa shape index (κ2) is 4.04. The lowest BCUT2D eigenvalue weighted by atomic mass is 9.67. The van der Waals surface area contributed by atoms with Crippen LogP contribution in [0.3, 0.4) is 0 Å². The summed E-state index contributed by atoms with van der Waals surface area (Å²) in [5.41, 5.74) is -0.214. The van der Waals surface area contributed by atoms with E-state index in [1.807, 2.05) is 0 Å². The average Bonchev–Trinajstić information content (AvgIpc) is 2.95. The lowest BCUT2D eigenvalue weighted by Gasteiger charge is -2.46. The topological polar surface area (TPSA) is 85.2 Å². The molecule has 4 rings (SSSR count). The lowest BCUT2D eigenvalue weighted by molar-refractivity contribution is -0.275. The van der Waals surface area contributed by atoms with Crippen molar-refractivity contribution >= 4 is 5.97 Å². The number of hydrogen-bond acceptors (Lipinski definition) is 6. The molecule has 1 aliphatic carbocycles. The zero-order valence-corrected chi connectivity index (χ0v) is 11.5. The van der Waals surface area contributed by atoms with Crippen LogP contribution >= 0.6 is 0 Å². The van der Waals surface area contributed by atoms with Crippen molar-refractivity contribution in [2.24, 2.45) is 5.92 Å². The van der Waals surface area contributed by atoms with Crippen LogP contribution in [0.5, 0.6) is 0 Å². The number of aliphatic hydroxyl groups is 2. The summed E-state index contributed by atoms with van der Waals surface area (Å²) < 4.78 is 16.7. The summed E-state index contributed by atoms with van der Waals surface area (Å²) in [6.45, 7) is 0.160. The second-order valence-electron chi connectivity index (χ2n) is 5.79. The Labute approximate surface area is 121 Å². The van der Waals surface area contributed by atoms with E-state index in [1.165, 1.54) is 7.11 Å². The first-order chi connectivity index (χ1) is 10.1. The van der Waals surface area contributed by atoms with E-state index in [0.29, 0.717) is 11.1 Å². The third kappa shape index (κ3) is 1.34. The molecule has 1 aromatic carbocycles. The molecule has 1 spiro atoms. The summed E-state index contributed by atoms with van der Waals surface area (Å²) in [7, 11) is 1.42. The van der Waals surface area contributed by atoms with Crippen LogP contribution in [0.4, 0.5) is 0 Å². The number of rotatable bonds is 1. The number of ether oxygens (including phenoxy) is 3. The quantitative estimate of drug-likeness (QED) is 0.731. The first-order valence-electron chi connectivity index (χ1n) is 6.91. The lowest BCUT2D eigenvalue weighted by Crippen LogP contribution is -2.59. The van der Waals surface area contributed by atoms with Gasteiger partial charge in [-0.3, -0.25) is 4.79 Å². The fourth-order valence-corrected chi connectivity index (χ4v) is 4.06. The van der Waals surface area contributed by atoms with E-state index in [1.54, 1.807) is 24.3 Å². The number of fused-ring (bicyclic) bond motifs is 1. The van der Waals surface area contributed by atoms with E-state index in [0.717, 1.165) is 0 Å². The summed E-state index contributed by atoms with van der Waals surface area (Å²) >= 11 is 0. The molecule has 6 nitrogen and oxygen atoms in total. The van der Waals surface area contributed by atoms with Crippen molar-refractivity contribution in [3.63, 3.8) is 0 Å². The molecule has 2 fully saturated rings. The number of benzene rings is 1. The van der Waals surface area contributed by atoms with Gasteiger partial charge in [-0.2, -0.15) is 0 Å². The molecular formula is C15H16O6. The molecule has 112 valence electrons. The molecule has 0 amide bonds. The van der Waals surface area contributed by atoms with Gasteiger partial charge < -0.3 is 24.4 Å².